The van der Waals surface area contributed by atoms with Gasteiger partial charge in [-0.2, -0.15) is 5.10 Å². The maximum absolute atomic E-state index is 12.1. The SMILES string of the molecule is Cc1ccccc1C(=O)NCC(=O)NN=Cc1ccc(OCc2ccccc2)cc1. The van der Waals surface area contributed by atoms with Crippen LogP contribution in [0.1, 0.15) is 27.0 Å². The Morgan fingerprint density at radius 3 is 2.37 bits per heavy atom. The predicted molar refractivity (Wildman–Crippen MR) is 116 cm³/mol. The van der Waals surface area contributed by atoms with Crippen LogP contribution < -0.4 is 15.5 Å². The van der Waals surface area contributed by atoms with Gasteiger partial charge in [-0.15, -0.1) is 0 Å². The average Bonchev–Trinajstić information content (AvgIpc) is 2.78. The second-order valence-electron chi connectivity index (χ2n) is 6.63. The topological polar surface area (TPSA) is 79.8 Å². The quantitative estimate of drug-likeness (QED) is 0.448. The molecular weight excluding hydrogens is 378 g/mol. The average molecular weight is 401 g/mol. The van der Waals surface area contributed by atoms with E-state index in [1.807, 2.05) is 73.7 Å². The fraction of sp³-hybridized carbons (Fsp3) is 0.125. The number of carbonyl (C=O) groups excluding carboxylic acids is 2. The Labute approximate surface area is 175 Å². The minimum absolute atomic E-state index is 0.156. The molecule has 2 N–H and O–H groups in total. The van der Waals surface area contributed by atoms with Gasteiger partial charge in [0.05, 0.1) is 12.8 Å². The van der Waals surface area contributed by atoms with E-state index in [2.05, 4.69) is 15.8 Å². The van der Waals surface area contributed by atoms with Crippen molar-refractivity contribution in [1.29, 1.82) is 0 Å². The van der Waals surface area contributed by atoms with E-state index >= 15 is 0 Å². The second kappa shape index (κ2) is 10.6. The van der Waals surface area contributed by atoms with Crippen molar-refractivity contribution >= 4 is 18.0 Å². The smallest absolute Gasteiger partial charge is 0.259 e. The predicted octanol–water partition coefficient (Wildman–Crippen LogP) is 3.45. The highest BCUT2D eigenvalue weighted by Crippen LogP contribution is 2.13. The van der Waals surface area contributed by atoms with Gasteiger partial charge in [-0.3, -0.25) is 9.59 Å². The molecule has 6 heteroatoms. The third-order valence-electron chi connectivity index (χ3n) is 4.33. The summed E-state index contributed by atoms with van der Waals surface area (Å²) in [6.07, 6.45) is 1.53. The van der Waals surface area contributed by atoms with Crippen LogP contribution in [0.15, 0.2) is 84.0 Å². The number of nitrogens with one attached hydrogen (secondary N) is 2. The molecule has 30 heavy (non-hydrogen) atoms. The molecule has 0 aliphatic rings. The van der Waals surface area contributed by atoms with Gasteiger partial charge in [-0.05, 0) is 53.9 Å². The van der Waals surface area contributed by atoms with Crippen LogP contribution in [0, 0.1) is 6.92 Å². The number of nitrogens with zero attached hydrogens (tertiary/aromatic N) is 1. The fourth-order valence-electron chi connectivity index (χ4n) is 2.69. The summed E-state index contributed by atoms with van der Waals surface area (Å²) in [6, 6.07) is 24.5. The lowest BCUT2D eigenvalue weighted by Gasteiger charge is -2.07. The normalized spacial score (nSPS) is 10.6. The van der Waals surface area contributed by atoms with Crippen molar-refractivity contribution in [3.05, 3.63) is 101 Å². The Morgan fingerprint density at radius 2 is 1.63 bits per heavy atom. The van der Waals surface area contributed by atoms with Crippen LogP contribution in [0.4, 0.5) is 0 Å². The first kappa shape index (κ1) is 20.8. The number of benzene rings is 3. The van der Waals surface area contributed by atoms with Crippen LogP contribution in [0.25, 0.3) is 0 Å². The molecule has 0 bridgehead atoms. The van der Waals surface area contributed by atoms with Crippen LogP contribution in [0.3, 0.4) is 0 Å². The van der Waals surface area contributed by atoms with Crippen LogP contribution in [-0.4, -0.2) is 24.6 Å². The first-order valence-electron chi connectivity index (χ1n) is 9.54. The van der Waals surface area contributed by atoms with Crippen LogP contribution >= 0.6 is 0 Å². The zero-order chi connectivity index (χ0) is 21.2. The summed E-state index contributed by atoms with van der Waals surface area (Å²) < 4.78 is 5.73. The highest BCUT2D eigenvalue weighted by Gasteiger charge is 2.09. The molecule has 0 fully saturated rings. The molecule has 0 unspecified atom stereocenters. The number of hydrogen-bond acceptors (Lipinski definition) is 4. The van der Waals surface area contributed by atoms with Gasteiger partial charge in [0.25, 0.3) is 11.8 Å². The molecule has 3 aromatic rings. The maximum atomic E-state index is 12.1. The first-order chi connectivity index (χ1) is 14.6. The Balaban J connectivity index is 1.41. The number of aryl methyl sites for hydroxylation is 1. The number of carbonyl (C=O) groups is 2. The van der Waals surface area contributed by atoms with Crippen molar-refractivity contribution in [3.8, 4) is 5.75 Å². The van der Waals surface area contributed by atoms with Gasteiger partial charge in [-0.1, -0.05) is 48.5 Å². The molecule has 152 valence electrons. The monoisotopic (exact) mass is 401 g/mol. The summed E-state index contributed by atoms with van der Waals surface area (Å²) in [4.78, 5) is 24.0. The molecule has 0 atom stereocenters. The molecular formula is C24H23N3O3. The van der Waals surface area contributed by atoms with E-state index in [-0.39, 0.29) is 12.5 Å². The van der Waals surface area contributed by atoms with Crippen molar-refractivity contribution in [2.24, 2.45) is 5.10 Å². The van der Waals surface area contributed by atoms with Gasteiger partial charge in [0.15, 0.2) is 0 Å². The van der Waals surface area contributed by atoms with Crippen molar-refractivity contribution in [1.82, 2.24) is 10.7 Å². The first-order valence-corrected chi connectivity index (χ1v) is 9.54. The molecule has 3 rings (SSSR count). The molecule has 0 saturated carbocycles. The second-order valence-corrected chi connectivity index (χ2v) is 6.63. The van der Waals surface area contributed by atoms with E-state index in [1.54, 1.807) is 12.1 Å². The van der Waals surface area contributed by atoms with Crippen molar-refractivity contribution in [2.75, 3.05) is 6.54 Å². The number of hydrogen-bond donors (Lipinski definition) is 2. The Kier molecular flexibility index (Phi) is 7.33. The van der Waals surface area contributed by atoms with Gasteiger partial charge in [0.1, 0.15) is 12.4 Å². The molecule has 6 nitrogen and oxygen atoms in total. The van der Waals surface area contributed by atoms with Gasteiger partial charge >= 0.3 is 0 Å². The van der Waals surface area contributed by atoms with Gasteiger partial charge in [-0.25, -0.2) is 5.43 Å². The fourth-order valence-corrected chi connectivity index (χ4v) is 2.69. The minimum Gasteiger partial charge on any atom is -0.489 e. The summed E-state index contributed by atoms with van der Waals surface area (Å²) in [5.74, 6) is 0.0493. The van der Waals surface area contributed by atoms with Crippen molar-refractivity contribution < 1.29 is 14.3 Å². The third kappa shape index (κ3) is 6.31. The molecule has 0 spiro atoms. The molecule has 0 heterocycles. The Morgan fingerprint density at radius 1 is 0.933 bits per heavy atom. The van der Waals surface area contributed by atoms with E-state index in [1.165, 1.54) is 6.21 Å². The van der Waals surface area contributed by atoms with E-state index in [0.717, 1.165) is 22.4 Å². The van der Waals surface area contributed by atoms with E-state index in [9.17, 15) is 9.59 Å². The van der Waals surface area contributed by atoms with Gasteiger partial charge in [0.2, 0.25) is 0 Å². The van der Waals surface area contributed by atoms with E-state index in [4.69, 9.17) is 4.74 Å². The molecule has 3 aromatic carbocycles. The maximum Gasteiger partial charge on any atom is 0.259 e. The number of rotatable bonds is 8. The molecule has 0 aromatic heterocycles. The lowest BCUT2D eigenvalue weighted by atomic mass is 10.1. The number of amides is 2. The molecule has 0 aliphatic carbocycles. The summed E-state index contributed by atoms with van der Waals surface area (Å²) in [7, 11) is 0. The van der Waals surface area contributed by atoms with Crippen LogP contribution in [-0.2, 0) is 11.4 Å². The summed E-state index contributed by atoms with van der Waals surface area (Å²) >= 11 is 0. The highest BCUT2D eigenvalue weighted by molar-refractivity contribution is 5.97. The van der Waals surface area contributed by atoms with Crippen molar-refractivity contribution in [3.63, 3.8) is 0 Å². The summed E-state index contributed by atoms with van der Waals surface area (Å²) in [5, 5.41) is 6.50. The largest absolute Gasteiger partial charge is 0.489 e. The number of hydrazone groups is 1. The summed E-state index contributed by atoms with van der Waals surface area (Å²) in [6.45, 7) is 2.19. The Hall–Kier alpha value is -3.93. The number of ether oxygens (including phenoxy) is 1. The molecule has 0 aliphatic heterocycles. The zero-order valence-corrected chi connectivity index (χ0v) is 16.7. The zero-order valence-electron chi connectivity index (χ0n) is 16.7. The third-order valence-corrected chi connectivity index (χ3v) is 4.33. The molecule has 0 saturated heterocycles. The summed E-state index contributed by atoms with van der Waals surface area (Å²) in [5.41, 5.74) is 5.70. The molecule has 0 radical (unpaired) electrons. The highest BCUT2D eigenvalue weighted by atomic mass is 16.5. The van der Waals surface area contributed by atoms with Crippen LogP contribution in [0.2, 0.25) is 0 Å². The van der Waals surface area contributed by atoms with Gasteiger partial charge < -0.3 is 10.1 Å². The lowest BCUT2D eigenvalue weighted by molar-refractivity contribution is -0.120. The minimum atomic E-state index is -0.406. The van der Waals surface area contributed by atoms with Crippen molar-refractivity contribution in [2.45, 2.75) is 13.5 Å². The van der Waals surface area contributed by atoms with E-state index in [0.29, 0.717) is 12.2 Å². The molecule has 2 amide bonds. The van der Waals surface area contributed by atoms with E-state index < -0.39 is 5.91 Å². The lowest BCUT2D eigenvalue weighted by Crippen LogP contribution is -2.35. The van der Waals surface area contributed by atoms with Gasteiger partial charge in [0, 0.05) is 5.56 Å². The Bertz CT molecular complexity index is 1020. The standard InChI is InChI=1S/C24H23N3O3/c1-18-7-5-6-10-22(18)24(29)25-16-23(28)27-26-15-19-11-13-21(14-12-19)30-17-20-8-3-2-4-9-20/h2-15H,16-17H2,1H3,(H,25,29)(H,27,28). The van der Waals surface area contributed by atoms with Crippen LogP contribution in [0.5, 0.6) is 5.75 Å².